The molecule has 0 heterocycles. The smallest absolute Gasteiger partial charge is 0.408 e. The van der Waals surface area contributed by atoms with E-state index in [1.54, 1.807) is 12.1 Å². The van der Waals surface area contributed by atoms with Crippen molar-refractivity contribution in [3.63, 3.8) is 0 Å². The van der Waals surface area contributed by atoms with E-state index in [9.17, 15) is 14.0 Å². The van der Waals surface area contributed by atoms with E-state index in [-0.39, 0.29) is 23.8 Å². The molecule has 0 radical (unpaired) electrons. The van der Waals surface area contributed by atoms with Gasteiger partial charge in [-0.3, -0.25) is 4.79 Å². The number of halogens is 1. The lowest BCUT2D eigenvalue weighted by atomic mass is 9.95. The summed E-state index contributed by atoms with van der Waals surface area (Å²) >= 11 is 0. The second kappa shape index (κ2) is 8.86. The van der Waals surface area contributed by atoms with E-state index in [1.807, 2.05) is 52.0 Å². The summed E-state index contributed by atoms with van der Waals surface area (Å²) in [5.74, 6) is -0.865. The molecule has 3 rings (SSSR count). The molecule has 2 aromatic rings. The summed E-state index contributed by atoms with van der Waals surface area (Å²) in [5.41, 5.74) is 2.21. The van der Waals surface area contributed by atoms with Crippen molar-refractivity contribution in [2.45, 2.75) is 64.1 Å². The van der Waals surface area contributed by atoms with Crippen LogP contribution in [0, 0.1) is 5.82 Å². The fraction of sp³-hybridized carbons (Fsp3) is 0.417. The minimum Gasteiger partial charge on any atom is -0.444 e. The number of fused-ring (bicyclic) bond motifs is 1. The Labute approximate surface area is 177 Å². The van der Waals surface area contributed by atoms with Crippen LogP contribution in [0.25, 0.3) is 0 Å². The molecule has 0 aliphatic heterocycles. The molecule has 6 heteroatoms. The van der Waals surface area contributed by atoms with Crippen molar-refractivity contribution in [3.8, 4) is 0 Å². The zero-order chi connectivity index (χ0) is 21.9. The van der Waals surface area contributed by atoms with Gasteiger partial charge in [0.15, 0.2) is 0 Å². The first-order valence-electron chi connectivity index (χ1n) is 10.3. The summed E-state index contributed by atoms with van der Waals surface area (Å²) < 4.78 is 18.7. The third-order valence-electron chi connectivity index (χ3n) is 5.23. The lowest BCUT2D eigenvalue weighted by Gasteiger charge is -2.27. The molecule has 0 bridgehead atoms. The first-order valence-corrected chi connectivity index (χ1v) is 10.3. The third-order valence-corrected chi connectivity index (χ3v) is 5.23. The Kier molecular flexibility index (Phi) is 6.44. The van der Waals surface area contributed by atoms with Gasteiger partial charge in [0.05, 0.1) is 18.0 Å². The standard InChI is InChI=1S/C24H29FN2O3/c1-5-18(15-10-12-17(25)13-11-15)22(28)26-20-14-16-8-6-7-9-19(16)21(20)27-23(29)30-24(2,3)4/h6-13,18,20-21H,5,14H2,1-4H3,(H,26,28)(H,27,29)/t18-,20+,21+/m0/s1. The van der Waals surface area contributed by atoms with E-state index in [2.05, 4.69) is 10.6 Å². The monoisotopic (exact) mass is 412 g/mol. The fourth-order valence-corrected chi connectivity index (χ4v) is 3.89. The van der Waals surface area contributed by atoms with Gasteiger partial charge >= 0.3 is 6.09 Å². The highest BCUT2D eigenvalue weighted by Gasteiger charge is 2.36. The maximum Gasteiger partial charge on any atom is 0.408 e. The largest absolute Gasteiger partial charge is 0.444 e. The number of rotatable bonds is 5. The number of nitrogens with one attached hydrogen (secondary N) is 2. The predicted octanol–water partition coefficient (Wildman–Crippen LogP) is 4.63. The molecular weight excluding hydrogens is 383 g/mol. The van der Waals surface area contributed by atoms with Crippen LogP contribution in [-0.2, 0) is 16.0 Å². The van der Waals surface area contributed by atoms with E-state index in [1.165, 1.54) is 12.1 Å². The Bertz CT molecular complexity index is 905. The first-order chi connectivity index (χ1) is 14.2. The average molecular weight is 413 g/mol. The van der Waals surface area contributed by atoms with Crippen LogP contribution < -0.4 is 10.6 Å². The fourth-order valence-electron chi connectivity index (χ4n) is 3.89. The summed E-state index contributed by atoms with van der Waals surface area (Å²) in [5, 5.41) is 6.03. The van der Waals surface area contributed by atoms with Crippen molar-refractivity contribution >= 4 is 12.0 Å². The van der Waals surface area contributed by atoms with Crippen LogP contribution >= 0.6 is 0 Å². The molecule has 0 aromatic heterocycles. The number of ether oxygens (including phenoxy) is 1. The summed E-state index contributed by atoms with van der Waals surface area (Å²) in [6.07, 6.45) is 0.679. The maximum atomic E-state index is 13.3. The molecule has 2 amide bonds. The van der Waals surface area contributed by atoms with Gasteiger partial charge in [-0.05, 0) is 62.4 Å². The molecule has 30 heavy (non-hydrogen) atoms. The normalized spacial score (nSPS) is 19.0. The quantitative estimate of drug-likeness (QED) is 0.753. The molecule has 160 valence electrons. The molecule has 0 unspecified atom stereocenters. The molecule has 0 saturated heterocycles. The lowest BCUT2D eigenvalue weighted by molar-refractivity contribution is -0.123. The van der Waals surface area contributed by atoms with Gasteiger partial charge in [0.25, 0.3) is 0 Å². The summed E-state index contributed by atoms with van der Waals surface area (Å²) in [7, 11) is 0. The van der Waals surface area contributed by atoms with Crippen molar-refractivity contribution in [2.24, 2.45) is 0 Å². The van der Waals surface area contributed by atoms with Crippen molar-refractivity contribution in [1.29, 1.82) is 0 Å². The summed E-state index contributed by atoms with van der Waals surface area (Å²) in [6, 6.07) is 13.2. The van der Waals surface area contributed by atoms with Gasteiger partial charge in [0.2, 0.25) is 5.91 Å². The van der Waals surface area contributed by atoms with Gasteiger partial charge in [-0.2, -0.15) is 0 Å². The van der Waals surface area contributed by atoms with E-state index in [4.69, 9.17) is 4.74 Å². The Balaban J connectivity index is 1.78. The third kappa shape index (κ3) is 5.17. The van der Waals surface area contributed by atoms with Crippen molar-refractivity contribution < 1.29 is 18.7 Å². The van der Waals surface area contributed by atoms with Crippen LogP contribution in [0.5, 0.6) is 0 Å². The van der Waals surface area contributed by atoms with Crippen LogP contribution in [0.3, 0.4) is 0 Å². The average Bonchev–Trinajstić information content (AvgIpc) is 2.99. The Morgan fingerprint density at radius 3 is 2.40 bits per heavy atom. The van der Waals surface area contributed by atoms with Crippen LogP contribution in [0.4, 0.5) is 9.18 Å². The van der Waals surface area contributed by atoms with E-state index in [0.29, 0.717) is 12.8 Å². The molecule has 1 aliphatic rings. The Morgan fingerprint density at radius 2 is 1.77 bits per heavy atom. The number of benzene rings is 2. The van der Waals surface area contributed by atoms with Gasteiger partial charge in [-0.15, -0.1) is 0 Å². The number of hydrogen-bond acceptors (Lipinski definition) is 3. The summed E-state index contributed by atoms with van der Waals surface area (Å²) in [4.78, 5) is 25.5. The molecule has 0 fully saturated rings. The highest BCUT2D eigenvalue weighted by atomic mass is 19.1. The topological polar surface area (TPSA) is 67.4 Å². The maximum absolute atomic E-state index is 13.3. The lowest BCUT2D eigenvalue weighted by Crippen LogP contribution is -2.46. The van der Waals surface area contributed by atoms with Gasteiger partial charge < -0.3 is 15.4 Å². The SMILES string of the molecule is CC[C@H](C(=O)N[C@@H]1Cc2ccccc2[C@H]1NC(=O)OC(C)(C)C)c1ccc(F)cc1. The van der Waals surface area contributed by atoms with Crippen molar-refractivity contribution in [3.05, 3.63) is 71.0 Å². The Morgan fingerprint density at radius 1 is 1.10 bits per heavy atom. The van der Waals surface area contributed by atoms with E-state index < -0.39 is 17.6 Å². The van der Waals surface area contributed by atoms with Gasteiger partial charge in [-0.25, -0.2) is 9.18 Å². The number of carbonyl (C=O) groups is 2. The van der Waals surface area contributed by atoms with E-state index in [0.717, 1.165) is 16.7 Å². The summed E-state index contributed by atoms with van der Waals surface area (Å²) in [6.45, 7) is 7.35. The van der Waals surface area contributed by atoms with E-state index >= 15 is 0 Å². The molecule has 0 spiro atoms. The molecule has 5 nitrogen and oxygen atoms in total. The zero-order valence-corrected chi connectivity index (χ0v) is 17.9. The Hall–Kier alpha value is -2.89. The van der Waals surface area contributed by atoms with Crippen molar-refractivity contribution in [1.82, 2.24) is 10.6 Å². The highest BCUT2D eigenvalue weighted by molar-refractivity contribution is 5.84. The number of alkyl carbamates (subject to hydrolysis) is 1. The minimum atomic E-state index is -0.614. The van der Waals surface area contributed by atoms with Crippen LogP contribution in [0.1, 0.15) is 62.8 Å². The van der Waals surface area contributed by atoms with Gasteiger partial charge in [-0.1, -0.05) is 43.3 Å². The highest BCUT2D eigenvalue weighted by Crippen LogP contribution is 2.32. The van der Waals surface area contributed by atoms with Gasteiger partial charge in [0, 0.05) is 0 Å². The molecule has 2 aromatic carbocycles. The van der Waals surface area contributed by atoms with Crippen molar-refractivity contribution in [2.75, 3.05) is 0 Å². The number of carbonyl (C=O) groups excluding carboxylic acids is 2. The first kappa shape index (κ1) is 21.8. The second-order valence-corrected chi connectivity index (χ2v) is 8.65. The van der Waals surface area contributed by atoms with Crippen LogP contribution in [0.2, 0.25) is 0 Å². The molecule has 3 atom stereocenters. The van der Waals surface area contributed by atoms with Crippen LogP contribution in [0.15, 0.2) is 48.5 Å². The predicted molar refractivity (Wildman–Crippen MR) is 114 cm³/mol. The number of amides is 2. The molecule has 0 saturated carbocycles. The zero-order valence-electron chi connectivity index (χ0n) is 17.9. The molecule has 1 aliphatic carbocycles. The molecule has 2 N–H and O–H groups in total. The van der Waals surface area contributed by atoms with Crippen LogP contribution in [-0.4, -0.2) is 23.6 Å². The van der Waals surface area contributed by atoms with Gasteiger partial charge in [0.1, 0.15) is 11.4 Å². The number of hydrogen-bond donors (Lipinski definition) is 2. The second-order valence-electron chi connectivity index (χ2n) is 8.65. The molecular formula is C24H29FN2O3. The minimum absolute atomic E-state index is 0.141.